The molecule has 0 spiro atoms. The Morgan fingerprint density at radius 1 is 0.929 bits per heavy atom. The molecule has 0 unspecified atom stereocenters. The topological polar surface area (TPSA) is 49.4 Å². The fraction of sp³-hybridized carbons (Fsp3) is 0.333. The minimum atomic E-state index is -4.39. The molecule has 2 aromatic carbocycles. The van der Waals surface area contributed by atoms with Crippen LogP contribution in [0.15, 0.2) is 48.5 Å². The summed E-state index contributed by atoms with van der Waals surface area (Å²) in [6.45, 7) is 1.37. The van der Waals surface area contributed by atoms with Crippen molar-refractivity contribution in [2.75, 3.05) is 19.6 Å². The van der Waals surface area contributed by atoms with Crippen LogP contribution in [0.3, 0.4) is 0 Å². The van der Waals surface area contributed by atoms with E-state index in [-0.39, 0.29) is 18.4 Å². The van der Waals surface area contributed by atoms with Gasteiger partial charge in [-0.1, -0.05) is 24.3 Å². The number of likely N-dealkylation sites (tertiary alicyclic amines) is 1. The molecular weight excluding hydrogens is 369 g/mol. The number of hydrogen-bond donors (Lipinski definition) is 1. The van der Waals surface area contributed by atoms with Gasteiger partial charge in [-0.3, -0.25) is 9.59 Å². The number of alkyl halides is 3. The van der Waals surface area contributed by atoms with Gasteiger partial charge in [0.25, 0.3) is 5.91 Å². The Morgan fingerprint density at radius 2 is 1.61 bits per heavy atom. The van der Waals surface area contributed by atoms with Crippen LogP contribution in [0.2, 0.25) is 0 Å². The lowest BCUT2D eigenvalue weighted by Gasteiger charge is -2.26. The molecule has 0 saturated carbocycles. The van der Waals surface area contributed by atoms with E-state index >= 15 is 0 Å². The quantitative estimate of drug-likeness (QED) is 0.854. The second-order valence-electron chi connectivity index (χ2n) is 6.78. The standard InChI is InChI=1S/C21H21F3N2O2/c22-21(23,24)18-9-7-15(8-10-18)16-5-4-6-17(13-16)20(28)25-14-19(27)26-11-2-1-3-12-26/h4-10,13H,1-3,11-12,14H2,(H,25,28). The van der Waals surface area contributed by atoms with Crippen molar-refractivity contribution < 1.29 is 22.8 Å². The Hall–Kier alpha value is -2.83. The van der Waals surface area contributed by atoms with Crippen molar-refractivity contribution in [2.45, 2.75) is 25.4 Å². The van der Waals surface area contributed by atoms with E-state index in [1.807, 2.05) is 0 Å². The predicted octanol–water partition coefficient (Wildman–Crippen LogP) is 4.11. The summed E-state index contributed by atoms with van der Waals surface area (Å²) < 4.78 is 38.1. The summed E-state index contributed by atoms with van der Waals surface area (Å²) in [6, 6.07) is 11.4. The Balaban J connectivity index is 1.65. The molecule has 2 amide bonds. The van der Waals surface area contributed by atoms with Crippen LogP contribution in [-0.4, -0.2) is 36.3 Å². The smallest absolute Gasteiger partial charge is 0.343 e. The number of carbonyl (C=O) groups excluding carboxylic acids is 2. The maximum Gasteiger partial charge on any atom is 0.416 e. The molecule has 2 aromatic rings. The predicted molar refractivity (Wildman–Crippen MR) is 99.6 cm³/mol. The second-order valence-corrected chi connectivity index (χ2v) is 6.78. The van der Waals surface area contributed by atoms with Gasteiger partial charge in [-0.15, -0.1) is 0 Å². The average molecular weight is 390 g/mol. The van der Waals surface area contributed by atoms with Gasteiger partial charge in [0.15, 0.2) is 0 Å². The van der Waals surface area contributed by atoms with Crippen LogP contribution in [-0.2, 0) is 11.0 Å². The molecule has 3 rings (SSSR count). The molecule has 1 aliphatic heterocycles. The molecule has 148 valence electrons. The third-order valence-corrected chi connectivity index (χ3v) is 4.78. The van der Waals surface area contributed by atoms with Crippen LogP contribution in [0.5, 0.6) is 0 Å². The van der Waals surface area contributed by atoms with E-state index in [4.69, 9.17) is 0 Å². The highest BCUT2D eigenvalue weighted by Gasteiger charge is 2.30. The van der Waals surface area contributed by atoms with Gasteiger partial charge in [-0.05, 0) is 54.7 Å². The fourth-order valence-electron chi connectivity index (χ4n) is 3.20. The number of piperidine rings is 1. The second kappa shape index (κ2) is 8.46. The molecular formula is C21H21F3N2O2. The number of rotatable bonds is 4. The molecule has 1 fully saturated rings. The summed E-state index contributed by atoms with van der Waals surface area (Å²) in [4.78, 5) is 26.3. The van der Waals surface area contributed by atoms with E-state index in [9.17, 15) is 22.8 Å². The van der Waals surface area contributed by atoms with E-state index in [1.54, 1.807) is 29.2 Å². The number of halogens is 3. The first-order chi connectivity index (χ1) is 13.3. The Kier molecular flexibility index (Phi) is 6.02. The monoisotopic (exact) mass is 390 g/mol. The normalized spacial score (nSPS) is 14.6. The Bertz CT molecular complexity index is 841. The summed E-state index contributed by atoms with van der Waals surface area (Å²) in [5.41, 5.74) is 0.834. The Morgan fingerprint density at radius 3 is 2.25 bits per heavy atom. The molecule has 1 saturated heterocycles. The van der Waals surface area contributed by atoms with Gasteiger partial charge in [0.2, 0.25) is 5.91 Å². The first-order valence-corrected chi connectivity index (χ1v) is 9.18. The van der Waals surface area contributed by atoms with Crippen molar-refractivity contribution in [3.8, 4) is 11.1 Å². The molecule has 0 aliphatic carbocycles. The zero-order valence-corrected chi connectivity index (χ0v) is 15.3. The fourth-order valence-corrected chi connectivity index (χ4v) is 3.20. The molecule has 7 heteroatoms. The zero-order valence-electron chi connectivity index (χ0n) is 15.3. The van der Waals surface area contributed by atoms with Crippen molar-refractivity contribution in [1.82, 2.24) is 10.2 Å². The lowest BCUT2D eigenvalue weighted by atomic mass is 10.0. The molecule has 0 bridgehead atoms. The molecule has 28 heavy (non-hydrogen) atoms. The largest absolute Gasteiger partial charge is 0.416 e. The van der Waals surface area contributed by atoms with Crippen molar-refractivity contribution >= 4 is 11.8 Å². The summed E-state index contributed by atoms with van der Waals surface area (Å²) in [7, 11) is 0. The lowest BCUT2D eigenvalue weighted by molar-refractivity contribution is -0.137. The van der Waals surface area contributed by atoms with Gasteiger partial charge >= 0.3 is 6.18 Å². The van der Waals surface area contributed by atoms with E-state index in [0.29, 0.717) is 16.7 Å². The number of hydrogen-bond acceptors (Lipinski definition) is 2. The van der Waals surface area contributed by atoms with Gasteiger partial charge in [0.05, 0.1) is 12.1 Å². The van der Waals surface area contributed by atoms with Crippen LogP contribution >= 0.6 is 0 Å². The molecule has 1 N–H and O–H groups in total. The van der Waals surface area contributed by atoms with E-state index < -0.39 is 11.7 Å². The van der Waals surface area contributed by atoms with Gasteiger partial charge in [0.1, 0.15) is 0 Å². The molecule has 0 atom stereocenters. The summed E-state index contributed by atoms with van der Waals surface area (Å²) in [5, 5.41) is 2.62. The maximum absolute atomic E-state index is 12.7. The minimum Gasteiger partial charge on any atom is -0.343 e. The van der Waals surface area contributed by atoms with Crippen LogP contribution in [0.4, 0.5) is 13.2 Å². The highest BCUT2D eigenvalue weighted by atomic mass is 19.4. The first kappa shape index (κ1) is 19.9. The molecule has 4 nitrogen and oxygen atoms in total. The number of benzene rings is 2. The average Bonchev–Trinajstić information content (AvgIpc) is 2.72. The van der Waals surface area contributed by atoms with Crippen LogP contribution in [0.1, 0.15) is 35.2 Å². The SMILES string of the molecule is O=C(NCC(=O)N1CCCCC1)c1cccc(-c2ccc(C(F)(F)F)cc2)c1. The van der Waals surface area contributed by atoms with Crippen molar-refractivity contribution in [1.29, 1.82) is 0 Å². The van der Waals surface area contributed by atoms with E-state index in [2.05, 4.69) is 5.32 Å². The van der Waals surface area contributed by atoms with Crippen LogP contribution in [0, 0.1) is 0 Å². The highest BCUT2D eigenvalue weighted by Crippen LogP contribution is 2.31. The summed E-state index contributed by atoms with van der Waals surface area (Å²) in [6.07, 6.45) is -1.31. The summed E-state index contributed by atoms with van der Waals surface area (Å²) in [5.74, 6) is -0.494. The van der Waals surface area contributed by atoms with Gasteiger partial charge < -0.3 is 10.2 Å². The lowest BCUT2D eigenvalue weighted by Crippen LogP contribution is -2.42. The Labute approximate surface area is 161 Å². The minimum absolute atomic E-state index is 0.0661. The first-order valence-electron chi connectivity index (χ1n) is 9.18. The van der Waals surface area contributed by atoms with Gasteiger partial charge in [-0.2, -0.15) is 13.2 Å². The van der Waals surface area contributed by atoms with Gasteiger partial charge in [0, 0.05) is 18.7 Å². The third kappa shape index (κ3) is 4.91. The van der Waals surface area contributed by atoms with E-state index in [0.717, 1.165) is 44.5 Å². The van der Waals surface area contributed by atoms with Crippen molar-refractivity contribution in [2.24, 2.45) is 0 Å². The molecule has 1 aliphatic rings. The van der Waals surface area contributed by atoms with E-state index in [1.165, 1.54) is 12.1 Å². The molecule has 0 radical (unpaired) electrons. The third-order valence-electron chi connectivity index (χ3n) is 4.78. The molecule has 1 heterocycles. The number of nitrogens with one attached hydrogen (secondary N) is 1. The van der Waals surface area contributed by atoms with Crippen molar-refractivity contribution in [3.63, 3.8) is 0 Å². The highest BCUT2D eigenvalue weighted by molar-refractivity contribution is 5.97. The van der Waals surface area contributed by atoms with Crippen LogP contribution < -0.4 is 5.32 Å². The van der Waals surface area contributed by atoms with Crippen molar-refractivity contribution in [3.05, 3.63) is 59.7 Å². The molecule has 0 aromatic heterocycles. The maximum atomic E-state index is 12.7. The van der Waals surface area contributed by atoms with Gasteiger partial charge in [-0.25, -0.2) is 0 Å². The van der Waals surface area contributed by atoms with Crippen LogP contribution in [0.25, 0.3) is 11.1 Å². The summed E-state index contributed by atoms with van der Waals surface area (Å²) >= 11 is 0. The number of amides is 2. The zero-order chi connectivity index (χ0) is 20.1. The number of carbonyl (C=O) groups is 2. The number of nitrogens with zero attached hydrogens (tertiary/aromatic N) is 1.